The molecule has 1 saturated carbocycles. The van der Waals surface area contributed by atoms with Crippen molar-refractivity contribution in [3.63, 3.8) is 0 Å². The van der Waals surface area contributed by atoms with E-state index in [1.54, 1.807) is 12.1 Å². The van der Waals surface area contributed by atoms with Crippen molar-refractivity contribution < 1.29 is 9.50 Å². The third-order valence-corrected chi connectivity index (χ3v) is 4.95. The Kier molecular flexibility index (Phi) is 4.06. The molecule has 1 heterocycles. The fraction of sp³-hybridized carbons (Fsp3) is 0.625. The minimum Gasteiger partial charge on any atom is -0.393 e. The molecular formula is C16H23FN2O. The number of nitrogens with zero attached hydrogens (tertiary/aromatic N) is 1. The fourth-order valence-electron chi connectivity index (χ4n) is 3.71. The summed E-state index contributed by atoms with van der Waals surface area (Å²) < 4.78 is 12.9. The van der Waals surface area contributed by atoms with Crippen LogP contribution in [-0.2, 0) is 0 Å². The summed E-state index contributed by atoms with van der Waals surface area (Å²) in [6.45, 7) is 3.05. The first-order chi connectivity index (χ1) is 9.63. The van der Waals surface area contributed by atoms with Gasteiger partial charge in [0.1, 0.15) is 5.82 Å². The van der Waals surface area contributed by atoms with Crippen LogP contribution in [-0.4, -0.2) is 35.7 Å². The molecule has 0 spiro atoms. The fourth-order valence-corrected chi connectivity index (χ4v) is 3.71. The topological polar surface area (TPSA) is 49.5 Å². The van der Waals surface area contributed by atoms with Gasteiger partial charge in [0.05, 0.1) is 6.10 Å². The average molecular weight is 278 g/mol. The van der Waals surface area contributed by atoms with Gasteiger partial charge < -0.3 is 15.7 Å². The number of aliphatic hydroxyl groups excluding tert-OH is 1. The summed E-state index contributed by atoms with van der Waals surface area (Å²) in [5.41, 5.74) is 7.16. The smallest absolute Gasteiger partial charge is 0.123 e. The molecule has 3 nitrogen and oxygen atoms in total. The molecule has 4 unspecified atom stereocenters. The quantitative estimate of drug-likeness (QED) is 0.884. The Hall–Kier alpha value is -0.970. The Morgan fingerprint density at radius 2 is 2.00 bits per heavy atom. The van der Waals surface area contributed by atoms with Crippen LogP contribution in [0.15, 0.2) is 24.3 Å². The van der Waals surface area contributed by atoms with E-state index in [1.165, 1.54) is 12.1 Å². The molecule has 3 N–H and O–H groups in total. The van der Waals surface area contributed by atoms with E-state index in [2.05, 4.69) is 4.90 Å². The third-order valence-electron chi connectivity index (χ3n) is 4.95. The van der Waals surface area contributed by atoms with Crippen LogP contribution in [0, 0.1) is 17.7 Å². The normalized spacial score (nSPS) is 31.4. The van der Waals surface area contributed by atoms with E-state index in [0.717, 1.165) is 44.5 Å². The number of halogens is 1. The molecule has 2 aliphatic rings. The van der Waals surface area contributed by atoms with Crippen LogP contribution in [0.25, 0.3) is 0 Å². The van der Waals surface area contributed by atoms with E-state index in [9.17, 15) is 9.50 Å². The van der Waals surface area contributed by atoms with Gasteiger partial charge >= 0.3 is 0 Å². The zero-order valence-electron chi connectivity index (χ0n) is 11.7. The molecule has 1 aliphatic heterocycles. The van der Waals surface area contributed by atoms with E-state index < -0.39 is 0 Å². The molecule has 1 saturated heterocycles. The summed E-state index contributed by atoms with van der Waals surface area (Å²) in [4.78, 5) is 2.42. The van der Waals surface area contributed by atoms with Crippen molar-refractivity contribution in [3.8, 4) is 0 Å². The summed E-state index contributed by atoms with van der Waals surface area (Å²) in [6, 6.07) is 6.42. The number of benzene rings is 1. The van der Waals surface area contributed by atoms with E-state index in [4.69, 9.17) is 5.73 Å². The standard InChI is InChI=1S/C16H23FN2O/c17-13-4-1-11(2-5-13)15(18)7-8-19-9-12-3-6-16(20)14(12)10-19/h1-2,4-5,12,14-16,20H,3,6-10,18H2. The van der Waals surface area contributed by atoms with Crippen molar-refractivity contribution in [2.75, 3.05) is 19.6 Å². The Labute approximate surface area is 119 Å². The molecule has 1 aromatic carbocycles. The third kappa shape index (κ3) is 2.87. The van der Waals surface area contributed by atoms with Gasteiger partial charge in [-0.15, -0.1) is 0 Å². The van der Waals surface area contributed by atoms with Gasteiger partial charge in [0, 0.05) is 25.0 Å². The lowest BCUT2D eigenvalue weighted by molar-refractivity contribution is 0.124. The number of aliphatic hydroxyl groups is 1. The molecule has 0 amide bonds. The summed E-state index contributed by atoms with van der Waals surface area (Å²) in [7, 11) is 0. The molecule has 4 heteroatoms. The van der Waals surface area contributed by atoms with Gasteiger partial charge in [0.2, 0.25) is 0 Å². The molecule has 1 aliphatic carbocycles. The first kappa shape index (κ1) is 14.0. The van der Waals surface area contributed by atoms with Gasteiger partial charge in [-0.2, -0.15) is 0 Å². The van der Waals surface area contributed by atoms with Gasteiger partial charge in [-0.25, -0.2) is 4.39 Å². The number of hydrogen-bond donors (Lipinski definition) is 2. The highest BCUT2D eigenvalue weighted by atomic mass is 19.1. The Morgan fingerprint density at radius 1 is 1.25 bits per heavy atom. The van der Waals surface area contributed by atoms with Crippen LogP contribution in [0.3, 0.4) is 0 Å². The van der Waals surface area contributed by atoms with E-state index >= 15 is 0 Å². The molecule has 110 valence electrons. The van der Waals surface area contributed by atoms with Gasteiger partial charge in [0.15, 0.2) is 0 Å². The molecule has 0 aromatic heterocycles. The van der Waals surface area contributed by atoms with Crippen LogP contribution in [0.5, 0.6) is 0 Å². The molecule has 2 fully saturated rings. The summed E-state index contributed by atoms with van der Waals surface area (Å²) >= 11 is 0. The van der Waals surface area contributed by atoms with E-state index in [1.807, 2.05) is 0 Å². The lowest BCUT2D eigenvalue weighted by Gasteiger charge is -2.20. The average Bonchev–Trinajstić information content (AvgIpc) is 2.99. The van der Waals surface area contributed by atoms with Gasteiger partial charge in [-0.3, -0.25) is 0 Å². The first-order valence-electron chi connectivity index (χ1n) is 7.55. The number of fused-ring (bicyclic) bond motifs is 1. The molecule has 20 heavy (non-hydrogen) atoms. The maximum Gasteiger partial charge on any atom is 0.123 e. The predicted molar refractivity (Wildman–Crippen MR) is 76.6 cm³/mol. The van der Waals surface area contributed by atoms with E-state index in [-0.39, 0.29) is 18.0 Å². The lowest BCUT2D eigenvalue weighted by atomic mass is 10.00. The van der Waals surface area contributed by atoms with Crippen LogP contribution in [0.4, 0.5) is 4.39 Å². The second-order valence-electron chi connectivity index (χ2n) is 6.27. The van der Waals surface area contributed by atoms with Gasteiger partial charge in [0.25, 0.3) is 0 Å². The van der Waals surface area contributed by atoms with Crippen molar-refractivity contribution in [2.24, 2.45) is 17.6 Å². The van der Waals surface area contributed by atoms with Gasteiger partial charge in [-0.05, 0) is 49.4 Å². The SMILES string of the molecule is NC(CCN1CC2CCC(O)C2C1)c1ccc(F)cc1. The molecule has 3 rings (SSSR count). The largest absolute Gasteiger partial charge is 0.393 e. The number of hydrogen-bond acceptors (Lipinski definition) is 3. The monoisotopic (exact) mass is 278 g/mol. The summed E-state index contributed by atoms with van der Waals surface area (Å²) in [6.07, 6.45) is 2.90. The summed E-state index contributed by atoms with van der Waals surface area (Å²) in [5.74, 6) is 0.923. The minimum absolute atomic E-state index is 0.0408. The maximum atomic E-state index is 12.9. The first-order valence-corrected chi connectivity index (χ1v) is 7.55. The molecule has 0 radical (unpaired) electrons. The number of rotatable bonds is 4. The van der Waals surface area contributed by atoms with Crippen molar-refractivity contribution in [2.45, 2.75) is 31.4 Å². The molecule has 4 atom stereocenters. The second-order valence-corrected chi connectivity index (χ2v) is 6.27. The van der Waals surface area contributed by atoms with Crippen molar-refractivity contribution >= 4 is 0 Å². The highest BCUT2D eigenvalue weighted by Gasteiger charge is 2.41. The van der Waals surface area contributed by atoms with Crippen LogP contribution in [0.1, 0.15) is 30.9 Å². The lowest BCUT2D eigenvalue weighted by Crippen LogP contribution is -2.28. The number of likely N-dealkylation sites (tertiary alicyclic amines) is 1. The highest BCUT2D eigenvalue weighted by molar-refractivity contribution is 5.19. The molecule has 0 bridgehead atoms. The maximum absolute atomic E-state index is 12.9. The molecule has 1 aromatic rings. The zero-order chi connectivity index (χ0) is 14.1. The summed E-state index contributed by atoms with van der Waals surface area (Å²) in [5, 5.41) is 9.91. The van der Waals surface area contributed by atoms with Crippen LogP contribution < -0.4 is 5.73 Å². The Balaban J connectivity index is 1.49. The molecular weight excluding hydrogens is 255 g/mol. The van der Waals surface area contributed by atoms with E-state index in [0.29, 0.717) is 11.8 Å². The second kappa shape index (κ2) is 5.80. The van der Waals surface area contributed by atoms with Gasteiger partial charge in [-0.1, -0.05) is 12.1 Å². The minimum atomic E-state index is -0.220. The van der Waals surface area contributed by atoms with Crippen molar-refractivity contribution in [1.29, 1.82) is 0 Å². The Morgan fingerprint density at radius 3 is 2.70 bits per heavy atom. The van der Waals surface area contributed by atoms with Crippen LogP contribution >= 0.6 is 0 Å². The Bertz CT molecular complexity index is 450. The van der Waals surface area contributed by atoms with Crippen molar-refractivity contribution in [1.82, 2.24) is 4.90 Å². The van der Waals surface area contributed by atoms with Crippen molar-refractivity contribution in [3.05, 3.63) is 35.6 Å². The number of nitrogens with two attached hydrogens (primary N) is 1. The predicted octanol–water partition coefficient (Wildman–Crippen LogP) is 1.92. The van der Waals surface area contributed by atoms with Crippen LogP contribution in [0.2, 0.25) is 0 Å². The zero-order valence-corrected chi connectivity index (χ0v) is 11.7. The highest BCUT2D eigenvalue weighted by Crippen LogP contribution is 2.38.